The number of likely N-dealkylation sites (tertiary alicyclic amines) is 1. The van der Waals surface area contributed by atoms with Gasteiger partial charge in [0.2, 0.25) is 0 Å². The fourth-order valence-corrected chi connectivity index (χ4v) is 3.62. The van der Waals surface area contributed by atoms with E-state index in [1.165, 1.54) is 37.4 Å². The Labute approximate surface area is 172 Å². The van der Waals surface area contributed by atoms with Gasteiger partial charge in [-0.1, -0.05) is 19.1 Å². The predicted octanol–water partition coefficient (Wildman–Crippen LogP) is 4.60. The van der Waals surface area contributed by atoms with E-state index in [0.29, 0.717) is 13.0 Å². The van der Waals surface area contributed by atoms with Crippen LogP contribution in [0.2, 0.25) is 0 Å². The van der Waals surface area contributed by atoms with E-state index in [4.69, 9.17) is 4.74 Å². The van der Waals surface area contributed by atoms with E-state index in [1.807, 2.05) is 6.92 Å². The van der Waals surface area contributed by atoms with Gasteiger partial charge in [-0.3, -0.25) is 4.79 Å². The highest BCUT2D eigenvalue weighted by molar-refractivity contribution is 5.97. The van der Waals surface area contributed by atoms with Crippen LogP contribution in [0, 0.1) is 11.7 Å². The molecular formula is C21H23F4N3O2. The first-order valence-corrected chi connectivity index (χ1v) is 9.62. The molecule has 0 aliphatic carbocycles. The largest absolute Gasteiger partial charge is 0.493 e. The van der Waals surface area contributed by atoms with E-state index in [0.717, 1.165) is 12.5 Å². The summed E-state index contributed by atoms with van der Waals surface area (Å²) < 4.78 is 57.8. The van der Waals surface area contributed by atoms with Crippen LogP contribution in [-0.4, -0.2) is 42.0 Å². The Balaban J connectivity index is 1.79. The Kier molecular flexibility index (Phi) is 6.48. The van der Waals surface area contributed by atoms with Crippen LogP contribution in [0.3, 0.4) is 0 Å². The highest BCUT2D eigenvalue weighted by atomic mass is 19.4. The van der Waals surface area contributed by atoms with Crippen molar-refractivity contribution in [1.82, 2.24) is 9.88 Å². The summed E-state index contributed by atoms with van der Waals surface area (Å²) in [6, 6.07) is 7.51. The Bertz CT molecular complexity index is 904. The fourth-order valence-electron chi connectivity index (χ4n) is 3.62. The van der Waals surface area contributed by atoms with Crippen molar-refractivity contribution in [1.29, 1.82) is 0 Å². The van der Waals surface area contributed by atoms with E-state index in [1.54, 1.807) is 4.90 Å². The third-order valence-corrected chi connectivity index (χ3v) is 5.16. The van der Waals surface area contributed by atoms with Gasteiger partial charge in [-0.05, 0) is 43.0 Å². The normalized spacial score (nSPS) is 19.5. The van der Waals surface area contributed by atoms with Crippen molar-refractivity contribution in [2.75, 3.05) is 25.5 Å². The van der Waals surface area contributed by atoms with Gasteiger partial charge >= 0.3 is 6.18 Å². The molecule has 0 bridgehead atoms. The number of carbonyl (C=O) groups is 1. The van der Waals surface area contributed by atoms with Crippen molar-refractivity contribution in [2.45, 2.75) is 32.0 Å². The van der Waals surface area contributed by atoms with Gasteiger partial charge < -0.3 is 15.0 Å². The summed E-state index contributed by atoms with van der Waals surface area (Å²) in [4.78, 5) is 18.4. The second-order valence-corrected chi connectivity index (χ2v) is 7.40. The molecule has 0 spiro atoms. The first-order chi connectivity index (χ1) is 14.2. The zero-order chi connectivity index (χ0) is 21.9. The van der Waals surface area contributed by atoms with E-state index < -0.39 is 17.7 Å². The van der Waals surface area contributed by atoms with Crippen LogP contribution in [-0.2, 0) is 6.18 Å². The molecule has 1 amide bonds. The number of nitrogens with zero attached hydrogens (tertiary/aromatic N) is 2. The monoisotopic (exact) mass is 425 g/mol. The lowest BCUT2D eigenvalue weighted by Gasteiger charge is -2.39. The van der Waals surface area contributed by atoms with Crippen molar-refractivity contribution in [3.05, 3.63) is 53.5 Å². The summed E-state index contributed by atoms with van der Waals surface area (Å²) in [5, 5.41) is 2.91. The number of anilines is 1. The molecule has 1 aliphatic heterocycles. The number of aromatic nitrogens is 1. The Morgan fingerprint density at radius 3 is 2.67 bits per heavy atom. The molecule has 1 aromatic carbocycles. The Morgan fingerprint density at radius 2 is 1.97 bits per heavy atom. The molecule has 0 radical (unpaired) electrons. The zero-order valence-electron chi connectivity index (χ0n) is 16.7. The summed E-state index contributed by atoms with van der Waals surface area (Å²) in [6.45, 7) is 2.70. The third-order valence-electron chi connectivity index (χ3n) is 5.16. The lowest BCUT2D eigenvalue weighted by Crippen LogP contribution is -2.49. The highest BCUT2D eigenvalue weighted by Crippen LogP contribution is 2.30. The lowest BCUT2D eigenvalue weighted by atomic mass is 9.93. The number of methoxy groups -OCH3 is 1. The quantitative estimate of drug-likeness (QED) is 0.712. The van der Waals surface area contributed by atoms with Gasteiger partial charge in [0.1, 0.15) is 11.5 Å². The van der Waals surface area contributed by atoms with Crippen LogP contribution < -0.4 is 10.1 Å². The third kappa shape index (κ3) is 4.83. The lowest BCUT2D eigenvalue weighted by molar-refractivity contribution is -0.141. The van der Waals surface area contributed by atoms with E-state index >= 15 is 0 Å². The van der Waals surface area contributed by atoms with Gasteiger partial charge in [0, 0.05) is 19.1 Å². The predicted molar refractivity (Wildman–Crippen MR) is 104 cm³/mol. The van der Waals surface area contributed by atoms with Gasteiger partial charge in [0.25, 0.3) is 5.91 Å². The molecule has 0 saturated carbocycles. The van der Waals surface area contributed by atoms with Gasteiger partial charge in [-0.2, -0.15) is 13.2 Å². The van der Waals surface area contributed by atoms with Crippen molar-refractivity contribution < 1.29 is 27.1 Å². The number of ether oxygens (including phenoxy) is 1. The van der Waals surface area contributed by atoms with Gasteiger partial charge in [-0.15, -0.1) is 0 Å². The van der Waals surface area contributed by atoms with Gasteiger partial charge in [-0.25, -0.2) is 9.37 Å². The number of halogens is 4. The van der Waals surface area contributed by atoms with Crippen molar-refractivity contribution in [2.24, 2.45) is 5.92 Å². The molecule has 5 nitrogen and oxygen atoms in total. The standard InChI is InChI=1S/C21H23F4N3O2/c1-13-9-10-14(11-26-18-8-4-7-17(27-18)21(23,24)25)28(12-13)20(29)15-5-3-6-16(22)19(15)30-2/h3-8,13-14H,9-12H2,1-2H3,(H,26,27)/t13-,14?/m0/s1. The molecular weight excluding hydrogens is 402 g/mol. The molecule has 3 rings (SSSR count). The number of hydrogen-bond donors (Lipinski definition) is 1. The maximum absolute atomic E-state index is 14.0. The van der Waals surface area contributed by atoms with Crippen LogP contribution in [0.1, 0.15) is 35.8 Å². The molecule has 1 aromatic heterocycles. The number of benzene rings is 1. The number of nitrogens with one attached hydrogen (secondary N) is 1. The van der Waals surface area contributed by atoms with Crippen LogP contribution in [0.25, 0.3) is 0 Å². The number of rotatable bonds is 5. The van der Waals surface area contributed by atoms with Crippen molar-refractivity contribution in [3.8, 4) is 5.75 Å². The molecule has 162 valence electrons. The molecule has 1 N–H and O–H groups in total. The number of amides is 1. The van der Waals surface area contributed by atoms with Crippen molar-refractivity contribution in [3.63, 3.8) is 0 Å². The summed E-state index contributed by atoms with van der Waals surface area (Å²) >= 11 is 0. The average Bonchev–Trinajstić information content (AvgIpc) is 2.71. The van der Waals surface area contributed by atoms with E-state index in [9.17, 15) is 22.4 Å². The first kappa shape index (κ1) is 21.9. The maximum atomic E-state index is 14.0. The summed E-state index contributed by atoms with van der Waals surface area (Å²) in [5.74, 6) is -0.791. The number of alkyl halides is 3. The maximum Gasteiger partial charge on any atom is 0.433 e. The molecule has 1 saturated heterocycles. The molecule has 9 heteroatoms. The zero-order valence-corrected chi connectivity index (χ0v) is 16.7. The minimum Gasteiger partial charge on any atom is -0.493 e. The van der Waals surface area contributed by atoms with E-state index in [-0.39, 0.29) is 41.5 Å². The van der Waals surface area contributed by atoms with Gasteiger partial charge in [0.15, 0.2) is 11.6 Å². The molecule has 2 heterocycles. The van der Waals surface area contributed by atoms with Crippen LogP contribution in [0.4, 0.5) is 23.4 Å². The molecule has 1 unspecified atom stereocenters. The molecule has 2 atom stereocenters. The second kappa shape index (κ2) is 8.89. The minimum absolute atomic E-state index is 0.0826. The minimum atomic E-state index is -4.53. The fraction of sp³-hybridized carbons (Fsp3) is 0.429. The number of para-hydroxylation sites is 1. The smallest absolute Gasteiger partial charge is 0.433 e. The Morgan fingerprint density at radius 1 is 1.23 bits per heavy atom. The Hall–Kier alpha value is -2.84. The number of carbonyl (C=O) groups excluding carboxylic acids is 1. The summed E-state index contributed by atoms with van der Waals surface area (Å²) in [5.41, 5.74) is -0.865. The SMILES string of the molecule is COc1c(F)cccc1C(=O)N1C[C@@H](C)CCC1CNc1cccc(C(F)(F)F)n1. The number of pyridine rings is 1. The van der Waals surface area contributed by atoms with Crippen LogP contribution >= 0.6 is 0 Å². The van der Waals surface area contributed by atoms with Crippen LogP contribution in [0.5, 0.6) is 5.75 Å². The molecule has 1 aliphatic rings. The summed E-state index contributed by atoms with van der Waals surface area (Å²) in [6.07, 6.45) is -3.00. The average molecular weight is 425 g/mol. The molecule has 30 heavy (non-hydrogen) atoms. The van der Waals surface area contributed by atoms with Gasteiger partial charge in [0.05, 0.1) is 12.7 Å². The topological polar surface area (TPSA) is 54.5 Å². The summed E-state index contributed by atoms with van der Waals surface area (Å²) in [7, 11) is 1.30. The number of hydrogen-bond acceptors (Lipinski definition) is 4. The molecule has 1 fully saturated rings. The molecule has 2 aromatic rings. The first-order valence-electron chi connectivity index (χ1n) is 9.62. The van der Waals surface area contributed by atoms with E-state index in [2.05, 4.69) is 10.3 Å². The number of piperidine rings is 1. The van der Waals surface area contributed by atoms with Crippen molar-refractivity contribution >= 4 is 11.7 Å². The second-order valence-electron chi connectivity index (χ2n) is 7.40. The van der Waals surface area contributed by atoms with Crippen LogP contribution in [0.15, 0.2) is 36.4 Å². The highest BCUT2D eigenvalue weighted by Gasteiger charge is 2.34.